The van der Waals surface area contributed by atoms with E-state index in [2.05, 4.69) is 16.7 Å². The molecule has 1 heterocycles. The molecule has 0 fully saturated rings. The summed E-state index contributed by atoms with van der Waals surface area (Å²) in [6.45, 7) is 3.62. The van der Waals surface area contributed by atoms with Crippen LogP contribution in [0.3, 0.4) is 0 Å². The molecule has 1 aromatic carbocycles. The Morgan fingerprint density at radius 2 is 1.88 bits per heavy atom. The zero-order chi connectivity index (χ0) is 19.6. The van der Waals surface area contributed by atoms with Crippen molar-refractivity contribution in [1.29, 1.82) is 5.26 Å². The molecule has 0 amide bonds. The fraction of sp³-hybridized carbons (Fsp3) is 0.188. The summed E-state index contributed by atoms with van der Waals surface area (Å²) < 4.78 is 39.9. The number of nitrogens with zero attached hydrogens (tertiary/aromatic N) is 5. The van der Waals surface area contributed by atoms with Crippen LogP contribution in [0.2, 0.25) is 10.0 Å². The molecule has 2 rings (SSSR count). The van der Waals surface area contributed by atoms with Gasteiger partial charge in [-0.15, -0.1) is 0 Å². The third-order valence-corrected chi connectivity index (χ3v) is 3.75. The number of hydrogen-bond acceptors (Lipinski definition) is 3. The zero-order valence-electron chi connectivity index (χ0n) is 13.6. The normalized spacial score (nSPS) is 11.6. The van der Waals surface area contributed by atoms with Crippen LogP contribution < -0.4 is 0 Å². The molecule has 1 aromatic heterocycles. The lowest BCUT2D eigenvalue weighted by Gasteiger charge is -2.13. The van der Waals surface area contributed by atoms with Crippen LogP contribution >= 0.6 is 23.2 Å². The molecule has 0 aliphatic rings. The average molecular weight is 402 g/mol. The molecule has 2 aromatic rings. The summed E-state index contributed by atoms with van der Waals surface area (Å²) in [6, 6.07) is 3.36. The standard InChI is InChI=1S/C16H12Cl2F3N5/c1-4-10-13(7-22)24-26(15(10)23-8-25(2)3)14-11(17)5-9(6-12(14)18)16(19,20)21/h4-6,8H,1H2,2-3H3. The summed E-state index contributed by atoms with van der Waals surface area (Å²) in [7, 11) is 3.45. The van der Waals surface area contributed by atoms with Crippen molar-refractivity contribution in [3.05, 3.63) is 45.6 Å². The summed E-state index contributed by atoms with van der Waals surface area (Å²) >= 11 is 12.1. The first-order chi connectivity index (χ1) is 12.1. The molecular weight excluding hydrogens is 390 g/mol. The van der Waals surface area contributed by atoms with Crippen LogP contribution in [0.15, 0.2) is 23.7 Å². The third-order valence-electron chi connectivity index (χ3n) is 3.17. The first-order valence-electron chi connectivity index (χ1n) is 7.03. The molecule has 0 spiro atoms. The fourth-order valence-electron chi connectivity index (χ4n) is 2.07. The van der Waals surface area contributed by atoms with Crippen LogP contribution in [0, 0.1) is 11.3 Å². The van der Waals surface area contributed by atoms with Crippen molar-refractivity contribution in [2.45, 2.75) is 6.18 Å². The topological polar surface area (TPSA) is 57.2 Å². The van der Waals surface area contributed by atoms with Crippen molar-refractivity contribution in [3.8, 4) is 11.8 Å². The lowest BCUT2D eigenvalue weighted by molar-refractivity contribution is -0.137. The minimum Gasteiger partial charge on any atom is -0.369 e. The SMILES string of the molecule is C=Cc1c(C#N)nn(-c2c(Cl)cc(C(F)(F)F)cc2Cl)c1N=CN(C)C. The van der Waals surface area contributed by atoms with Gasteiger partial charge in [-0.3, -0.25) is 0 Å². The van der Waals surface area contributed by atoms with Crippen LogP contribution in [-0.4, -0.2) is 35.1 Å². The fourth-order valence-corrected chi connectivity index (χ4v) is 2.72. The second kappa shape index (κ2) is 7.40. The van der Waals surface area contributed by atoms with Crippen LogP contribution in [0.5, 0.6) is 0 Å². The van der Waals surface area contributed by atoms with E-state index in [1.165, 1.54) is 12.4 Å². The highest BCUT2D eigenvalue weighted by atomic mass is 35.5. The zero-order valence-corrected chi connectivity index (χ0v) is 15.2. The van der Waals surface area contributed by atoms with Crippen molar-refractivity contribution in [3.63, 3.8) is 0 Å². The number of halogens is 5. The highest BCUT2D eigenvalue weighted by Gasteiger charge is 2.32. The van der Waals surface area contributed by atoms with Crippen molar-refractivity contribution in [1.82, 2.24) is 14.7 Å². The molecule has 0 aliphatic heterocycles. The van der Waals surface area contributed by atoms with Crippen molar-refractivity contribution >= 4 is 41.4 Å². The molecule has 26 heavy (non-hydrogen) atoms. The van der Waals surface area contributed by atoms with Crippen LogP contribution in [0.4, 0.5) is 19.0 Å². The number of alkyl halides is 3. The van der Waals surface area contributed by atoms with Gasteiger partial charge < -0.3 is 4.90 Å². The average Bonchev–Trinajstić information content (AvgIpc) is 2.88. The molecular formula is C16H12Cl2F3N5. The molecule has 5 nitrogen and oxygen atoms in total. The van der Waals surface area contributed by atoms with Crippen molar-refractivity contribution in [2.24, 2.45) is 4.99 Å². The summed E-state index contributed by atoms with van der Waals surface area (Å²) in [6.07, 6.45) is -1.80. The Morgan fingerprint density at radius 3 is 2.31 bits per heavy atom. The smallest absolute Gasteiger partial charge is 0.369 e. The monoisotopic (exact) mass is 401 g/mol. The highest BCUT2D eigenvalue weighted by Crippen LogP contribution is 2.39. The van der Waals surface area contributed by atoms with E-state index < -0.39 is 11.7 Å². The van der Waals surface area contributed by atoms with E-state index >= 15 is 0 Å². The van der Waals surface area contributed by atoms with Gasteiger partial charge in [-0.1, -0.05) is 35.9 Å². The first-order valence-corrected chi connectivity index (χ1v) is 7.78. The molecule has 0 bridgehead atoms. The maximum absolute atomic E-state index is 12.9. The highest BCUT2D eigenvalue weighted by molar-refractivity contribution is 6.38. The predicted octanol–water partition coefficient (Wildman–Crippen LogP) is 4.93. The molecule has 0 atom stereocenters. The van der Waals surface area contributed by atoms with Gasteiger partial charge in [0.1, 0.15) is 11.8 Å². The molecule has 10 heteroatoms. The number of aliphatic imine (C=N–C) groups is 1. The van der Waals surface area contributed by atoms with E-state index in [1.54, 1.807) is 19.0 Å². The summed E-state index contributed by atoms with van der Waals surface area (Å²) in [5.74, 6) is 0.161. The minimum atomic E-state index is -4.61. The van der Waals surface area contributed by atoms with E-state index in [4.69, 9.17) is 23.2 Å². The lowest BCUT2D eigenvalue weighted by Crippen LogP contribution is -2.09. The van der Waals surface area contributed by atoms with Gasteiger partial charge in [-0.2, -0.15) is 23.5 Å². The molecule has 0 aliphatic carbocycles. The largest absolute Gasteiger partial charge is 0.416 e. The van der Waals surface area contributed by atoms with E-state index in [1.807, 2.05) is 6.07 Å². The first kappa shape index (κ1) is 19.8. The Bertz CT molecular complexity index is 900. The van der Waals surface area contributed by atoms with Crippen molar-refractivity contribution in [2.75, 3.05) is 14.1 Å². The van der Waals surface area contributed by atoms with Gasteiger partial charge in [0.2, 0.25) is 0 Å². The van der Waals surface area contributed by atoms with Gasteiger partial charge in [0.05, 0.1) is 27.5 Å². The van der Waals surface area contributed by atoms with E-state index in [0.29, 0.717) is 5.56 Å². The second-order valence-corrected chi connectivity index (χ2v) is 6.12. The summed E-state index contributed by atoms with van der Waals surface area (Å²) in [4.78, 5) is 5.85. The number of rotatable bonds is 4. The quantitative estimate of drug-likeness (QED) is 0.538. The molecule has 0 saturated carbocycles. The molecule has 0 unspecified atom stereocenters. The number of aromatic nitrogens is 2. The predicted molar refractivity (Wildman–Crippen MR) is 95.2 cm³/mol. The Labute approximate surface area is 157 Å². The van der Waals surface area contributed by atoms with Crippen LogP contribution in [0.25, 0.3) is 11.8 Å². The summed E-state index contributed by atoms with van der Waals surface area (Å²) in [5.41, 5.74) is -0.724. The Morgan fingerprint density at radius 1 is 1.31 bits per heavy atom. The number of benzene rings is 1. The molecule has 136 valence electrons. The Hall–Kier alpha value is -2.50. The second-order valence-electron chi connectivity index (χ2n) is 5.31. The Kier molecular flexibility index (Phi) is 5.64. The van der Waals surface area contributed by atoms with Crippen LogP contribution in [-0.2, 0) is 6.18 Å². The lowest BCUT2D eigenvalue weighted by atomic mass is 10.2. The van der Waals surface area contributed by atoms with Gasteiger partial charge in [-0.25, -0.2) is 9.67 Å². The van der Waals surface area contributed by atoms with Crippen molar-refractivity contribution < 1.29 is 13.2 Å². The molecule has 0 radical (unpaired) electrons. The van der Waals surface area contributed by atoms with Gasteiger partial charge in [-0.05, 0) is 12.1 Å². The van der Waals surface area contributed by atoms with Crippen LogP contribution in [0.1, 0.15) is 16.8 Å². The number of hydrogen-bond donors (Lipinski definition) is 0. The Balaban J connectivity index is 2.79. The van der Waals surface area contributed by atoms with Gasteiger partial charge >= 0.3 is 6.18 Å². The maximum atomic E-state index is 12.9. The summed E-state index contributed by atoms with van der Waals surface area (Å²) in [5, 5.41) is 12.7. The van der Waals surface area contributed by atoms with E-state index in [-0.39, 0.29) is 27.2 Å². The number of nitriles is 1. The van der Waals surface area contributed by atoms with Gasteiger partial charge in [0.25, 0.3) is 0 Å². The van der Waals surface area contributed by atoms with E-state index in [9.17, 15) is 18.4 Å². The van der Waals surface area contributed by atoms with E-state index in [0.717, 1.165) is 16.8 Å². The maximum Gasteiger partial charge on any atom is 0.416 e. The molecule has 0 N–H and O–H groups in total. The third kappa shape index (κ3) is 3.84. The minimum absolute atomic E-state index is 0.0158. The van der Waals surface area contributed by atoms with Gasteiger partial charge in [0.15, 0.2) is 11.5 Å². The van der Waals surface area contributed by atoms with Gasteiger partial charge in [0, 0.05) is 14.1 Å². The molecule has 0 saturated heterocycles.